The second-order valence-electron chi connectivity index (χ2n) is 9.32. The monoisotopic (exact) mass is 444 g/mol. The number of nitrogens with zero attached hydrogens (tertiary/aromatic N) is 1. The van der Waals surface area contributed by atoms with Crippen LogP contribution in [-0.2, 0) is 11.2 Å². The van der Waals surface area contributed by atoms with Crippen molar-refractivity contribution in [3.05, 3.63) is 23.0 Å². The summed E-state index contributed by atoms with van der Waals surface area (Å²) in [4.78, 5) is 30.3. The number of ketones is 1. The highest BCUT2D eigenvalue weighted by molar-refractivity contribution is 5.97. The first-order chi connectivity index (χ1) is 15.4. The van der Waals surface area contributed by atoms with Crippen LogP contribution in [0, 0.1) is 5.92 Å². The number of Topliss-reactive ketones (excluding diaryl/α,β-unsaturated/α-hetero) is 1. The van der Waals surface area contributed by atoms with Crippen LogP contribution in [0.5, 0.6) is 0 Å². The van der Waals surface area contributed by atoms with Gasteiger partial charge in [0.05, 0.1) is 11.9 Å². The average molecular weight is 445 g/mol. The van der Waals surface area contributed by atoms with E-state index >= 15 is 0 Å². The summed E-state index contributed by atoms with van der Waals surface area (Å²) in [6.45, 7) is 12.5. The second-order valence-corrected chi connectivity index (χ2v) is 9.32. The maximum atomic E-state index is 13.3. The Morgan fingerprint density at radius 2 is 1.44 bits per heavy atom. The lowest BCUT2D eigenvalue weighted by Crippen LogP contribution is -2.25. The van der Waals surface area contributed by atoms with E-state index < -0.39 is 0 Å². The molecule has 0 saturated heterocycles. The lowest BCUT2D eigenvalue weighted by atomic mass is 9.83. The summed E-state index contributed by atoms with van der Waals surface area (Å²) in [5, 5.41) is 3.29. The van der Waals surface area contributed by atoms with Crippen molar-refractivity contribution in [2.24, 2.45) is 5.92 Å². The highest BCUT2D eigenvalue weighted by atomic mass is 16.2. The molecule has 0 aliphatic heterocycles. The van der Waals surface area contributed by atoms with Crippen molar-refractivity contribution in [1.29, 1.82) is 0 Å². The van der Waals surface area contributed by atoms with Crippen molar-refractivity contribution in [2.45, 2.75) is 131 Å². The number of unbranched alkanes of at least 4 members (excludes halogenated alkanes) is 3. The zero-order valence-electron chi connectivity index (χ0n) is 21.7. The van der Waals surface area contributed by atoms with Gasteiger partial charge in [0.15, 0.2) is 5.78 Å². The molecule has 1 aromatic heterocycles. The third-order valence-electron chi connectivity index (χ3n) is 6.45. The summed E-state index contributed by atoms with van der Waals surface area (Å²) in [6, 6.07) is 0. The predicted molar refractivity (Wildman–Crippen MR) is 137 cm³/mol. The van der Waals surface area contributed by atoms with Crippen LogP contribution in [0.3, 0.4) is 0 Å². The first-order valence-corrected chi connectivity index (χ1v) is 13.3. The number of nitrogens with one attached hydrogen (secondary N) is 1. The van der Waals surface area contributed by atoms with E-state index in [9.17, 15) is 9.59 Å². The smallest absolute Gasteiger partial charge is 0.227 e. The number of pyridine rings is 1. The normalized spacial score (nSPS) is 12.2. The summed E-state index contributed by atoms with van der Waals surface area (Å²) in [7, 11) is 0. The van der Waals surface area contributed by atoms with Crippen molar-refractivity contribution in [3.8, 4) is 0 Å². The van der Waals surface area contributed by atoms with Crippen LogP contribution < -0.4 is 5.32 Å². The molecule has 4 heteroatoms. The standard InChI is InChI=1S/C28H48N2O2/c1-7-12-17-22(18-13-8-2)26-24(16-11-5)27(21(6)31)29-20-25(26)30-28(32)23(15-10-4)19-14-9-3/h20,22-23H,7-19H2,1-6H3,(H,30,32). The van der Waals surface area contributed by atoms with Crippen molar-refractivity contribution >= 4 is 17.4 Å². The lowest BCUT2D eigenvalue weighted by molar-refractivity contribution is -0.120. The molecule has 1 aromatic rings. The minimum absolute atomic E-state index is 0.0177. The van der Waals surface area contributed by atoms with Gasteiger partial charge in [-0.3, -0.25) is 14.6 Å². The molecule has 0 radical (unpaired) electrons. The van der Waals surface area contributed by atoms with Crippen LogP contribution in [0.4, 0.5) is 5.69 Å². The molecule has 0 aromatic carbocycles. The fraction of sp³-hybridized carbons (Fsp3) is 0.750. The van der Waals surface area contributed by atoms with E-state index in [-0.39, 0.29) is 17.6 Å². The second kappa shape index (κ2) is 16.0. The van der Waals surface area contributed by atoms with E-state index in [0.29, 0.717) is 11.6 Å². The van der Waals surface area contributed by atoms with Gasteiger partial charge < -0.3 is 5.32 Å². The minimum Gasteiger partial charge on any atom is -0.324 e. The first-order valence-electron chi connectivity index (χ1n) is 13.3. The Morgan fingerprint density at radius 3 is 1.94 bits per heavy atom. The Hall–Kier alpha value is -1.71. The summed E-state index contributed by atoms with van der Waals surface area (Å²) in [6.07, 6.45) is 15.3. The molecule has 1 heterocycles. The molecule has 1 unspecified atom stereocenters. The quantitative estimate of drug-likeness (QED) is 0.246. The molecule has 1 amide bonds. The summed E-state index contributed by atoms with van der Waals surface area (Å²) < 4.78 is 0. The van der Waals surface area contributed by atoms with Crippen LogP contribution >= 0.6 is 0 Å². The predicted octanol–water partition coefficient (Wildman–Crippen LogP) is 8.25. The van der Waals surface area contributed by atoms with Crippen molar-refractivity contribution in [1.82, 2.24) is 4.98 Å². The molecule has 4 nitrogen and oxygen atoms in total. The van der Waals surface area contributed by atoms with E-state index in [1.165, 1.54) is 5.56 Å². The SMILES string of the molecule is CCCCC(CCC)C(=O)Nc1cnc(C(C)=O)c(CCC)c1C(CCCC)CCCC. The Kier molecular flexibility index (Phi) is 14.2. The van der Waals surface area contributed by atoms with Gasteiger partial charge in [0.2, 0.25) is 5.91 Å². The molecule has 32 heavy (non-hydrogen) atoms. The van der Waals surface area contributed by atoms with Gasteiger partial charge in [0.1, 0.15) is 5.69 Å². The van der Waals surface area contributed by atoms with Crippen LogP contribution in [-0.4, -0.2) is 16.7 Å². The summed E-state index contributed by atoms with van der Waals surface area (Å²) in [5.41, 5.74) is 3.69. The number of amides is 1. The summed E-state index contributed by atoms with van der Waals surface area (Å²) in [5.74, 6) is 0.531. The Balaban J connectivity index is 3.49. The number of hydrogen-bond acceptors (Lipinski definition) is 3. The van der Waals surface area contributed by atoms with E-state index in [0.717, 1.165) is 94.7 Å². The number of anilines is 1. The maximum absolute atomic E-state index is 13.3. The molecule has 0 spiro atoms. The van der Waals surface area contributed by atoms with Gasteiger partial charge in [-0.1, -0.05) is 86.0 Å². The van der Waals surface area contributed by atoms with Gasteiger partial charge >= 0.3 is 0 Å². The fourth-order valence-electron chi connectivity index (χ4n) is 4.71. The number of carbonyl (C=O) groups is 2. The van der Waals surface area contributed by atoms with Gasteiger partial charge in [-0.2, -0.15) is 0 Å². The van der Waals surface area contributed by atoms with Gasteiger partial charge in [0, 0.05) is 12.8 Å². The molecule has 1 rings (SSSR count). The highest BCUT2D eigenvalue weighted by Gasteiger charge is 2.26. The van der Waals surface area contributed by atoms with Crippen LogP contribution in [0.25, 0.3) is 0 Å². The Morgan fingerprint density at radius 1 is 0.844 bits per heavy atom. The van der Waals surface area contributed by atoms with E-state index in [1.54, 1.807) is 13.1 Å². The van der Waals surface area contributed by atoms with Crippen LogP contribution in [0.15, 0.2) is 6.20 Å². The molecule has 182 valence electrons. The van der Waals surface area contributed by atoms with Crippen molar-refractivity contribution < 1.29 is 9.59 Å². The van der Waals surface area contributed by atoms with E-state index in [2.05, 4.69) is 44.9 Å². The highest BCUT2D eigenvalue weighted by Crippen LogP contribution is 2.37. The molecular formula is C28H48N2O2. The topological polar surface area (TPSA) is 59.1 Å². The van der Waals surface area contributed by atoms with Crippen molar-refractivity contribution in [3.63, 3.8) is 0 Å². The number of carbonyl (C=O) groups excluding carboxylic acids is 2. The largest absolute Gasteiger partial charge is 0.324 e. The van der Waals surface area contributed by atoms with E-state index in [1.807, 2.05) is 0 Å². The fourth-order valence-corrected chi connectivity index (χ4v) is 4.71. The zero-order valence-corrected chi connectivity index (χ0v) is 21.7. The third kappa shape index (κ3) is 8.67. The van der Waals surface area contributed by atoms with Gasteiger partial charge in [0.25, 0.3) is 0 Å². The summed E-state index contributed by atoms with van der Waals surface area (Å²) >= 11 is 0. The molecule has 0 bridgehead atoms. The minimum atomic E-state index is 0.0177. The molecule has 0 saturated carbocycles. The molecule has 0 aliphatic carbocycles. The van der Waals surface area contributed by atoms with Crippen LogP contribution in [0.1, 0.15) is 146 Å². The molecular weight excluding hydrogens is 396 g/mol. The average Bonchev–Trinajstić information content (AvgIpc) is 2.77. The number of rotatable bonds is 17. The molecule has 1 atom stereocenters. The van der Waals surface area contributed by atoms with Crippen LogP contribution in [0.2, 0.25) is 0 Å². The van der Waals surface area contributed by atoms with Gasteiger partial charge in [-0.05, 0) is 49.1 Å². The lowest BCUT2D eigenvalue weighted by Gasteiger charge is -2.26. The Bertz CT molecular complexity index is 691. The number of aromatic nitrogens is 1. The molecule has 1 N–H and O–H groups in total. The van der Waals surface area contributed by atoms with E-state index in [4.69, 9.17) is 0 Å². The molecule has 0 aliphatic rings. The van der Waals surface area contributed by atoms with Gasteiger partial charge in [-0.15, -0.1) is 0 Å². The van der Waals surface area contributed by atoms with Crippen molar-refractivity contribution in [2.75, 3.05) is 5.32 Å². The maximum Gasteiger partial charge on any atom is 0.227 e. The number of hydrogen-bond donors (Lipinski definition) is 1. The molecule has 0 fully saturated rings. The van der Waals surface area contributed by atoms with Gasteiger partial charge in [-0.25, -0.2) is 0 Å². The third-order valence-corrected chi connectivity index (χ3v) is 6.45. The first kappa shape index (κ1) is 28.3. The Labute approximate surface area is 197 Å². The zero-order chi connectivity index (χ0) is 23.9.